The molecule has 1 aromatic carbocycles. The number of aromatic carboxylic acids is 1. The minimum atomic E-state index is -1.16. The average Bonchev–Trinajstić information content (AvgIpc) is 2.54. The van der Waals surface area contributed by atoms with E-state index in [-0.39, 0.29) is 11.4 Å². The Hall–Kier alpha value is -2.73. The second-order valence-corrected chi connectivity index (χ2v) is 4.89. The van der Waals surface area contributed by atoms with Gasteiger partial charge in [0.05, 0.1) is 13.2 Å². The Bertz CT molecular complexity index is 783. The van der Waals surface area contributed by atoms with Crippen molar-refractivity contribution < 1.29 is 19.4 Å². The molecule has 22 heavy (non-hydrogen) atoms. The molecule has 1 aliphatic heterocycles. The summed E-state index contributed by atoms with van der Waals surface area (Å²) in [6.45, 7) is 1.01. The lowest BCUT2D eigenvalue weighted by molar-refractivity contribution is 0.0690. The van der Waals surface area contributed by atoms with Gasteiger partial charge >= 0.3 is 5.97 Å². The molecule has 1 amide bonds. The molecular formula is C16H14N2O4. The van der Waals surface area contributed by atoms with Crippen LogP contribution in [0, 0.1) is 0 Å². The second-order valence-electron chi connectivity index (χ2n) is 4.89. The van der Waals surface area contributed by atoms with Crippen LogP contribution in [-0.4, -0.2) is 35.2 Å². The van der Waals surface area contributed by atoms with Crippen LogP contribution >= 0.6 is 0 Å². The number of ether oxygens (including phenoxy) is 1. The first kappa shape index (κ1) is 14.2. The molecular weight excluding hydrogens is 284 g/mol. The summed E-state index contributed by atoms with van der Waals surface area (Å²) in [5, 5.41) is 13.2. The van der Waals surface area contributed by atoms with Crippen molar-refractivity contribution in [3.63, 3.8) is 0 Å². The topological polar surface area (TPSA) is 88.5 Å². The summed E-state index contributed by atoms with van der Waals surface area (Å²) in [4.78, 5) is 27.6. The van der Waals surface area contributed by atoms with Gasteiger partial charge < -0.3 is 15.2 Å². The van der Waals surface area contributed by atoms with Gasteiger partial charge in [0.25, 0.3) is 5.91 Å². The fraction of sp³-hybridized carbons (Fsp3) is 0.188. The summed E-state index contributed by atoms with van der Waals surface area (Å²) in [6, 6.07) is 8.54. The number of hydrogen-bond donors (Lipinski definition) is 2. The Morgan fingerprint density at radius 1 is 1.27 bits per heavy atom. The van der Waals surface area contributed by atoms with Crippen LogP contribution in [0.2, 0.25) is 0 Å². The number of carboxylic acids is 1. The molecule has 2 heterocycles. The van der Waals surface area contributed by atoms with Crippen molar-refractivity contribution in [2.45, 2.75) is 6.42 Å². The average molecular weight is 298 g/mol. The number of hydrogen-bond acceptors (Lipinski definition) is 4. The van der Waals surface area contributed by atoms with E-state index in [1.165, 1.54) is 6.07 Å². The summed E-state index contributed by atoms with van der Waals surface area (Å²) in [5.74, 6) is -1.57. The third kappa shape index (κ3) is 2.82. The summed E-state index contributed by atoms with van der Waals surface area (Å²) in [6.07, 6.45) is 2.41. The number of nitrogens with one attached hydrogen (secondary N) is 1. The molecule has 112 valence electrons. The minimum absolute atomic E-state index is 0.114. The molecule has 0 spiro atoms. The van der Waals surface area contributed by atoms with E-state index < -0.39 is 11.9 Å². The van der Waals surface area contributed by atoms with E-state index in [0.29, 0.717) is 30.4 Å². The van der Waals surface area contributed by atoms with Gasteiger partial charge in [-0.2, -0.15) is 0 Å². The molecule has 0 unspecified atom stereocenters. The first-order valence-corrected chi connectivity index (χ1v) is 6.86. The van der Waals surface area contributed by atoms with E-state index in [9.17, 15) is 9.59 Å². The summed E-state index contributed by atoms with van der Waals surface area (Å²) in [5.41, 5.74) is 0.732. The minimum Gasteiger partial charge on any atom is -0.477 e. The normalized spacial score (nSPS) is 14.5. The highest BCUT2D eigenvalue weighted by atomic mass is 16.5. The molecule has 6 heteroatoms. The highest BCUT2D eigenvalue weighted by molar-refractivity contribution is 6.07. The van der Waals surface area contributed by atoms with Crippen molar-refractivity contribution in [2.24, 2.45) is 0 Å². The van der Waals surface area contributed by atoms with Gasteiger partial charge in [0, 0.05) is 17.5 Å². The number of amides is 1. The lowest BCUT2D eigenvalue weighted by Crippen LogP contribution is -2.27. The molecule has 1 aromatic heterocycles. The van der Waals surface area contributed by atoms with E-state index in [1.54, 1.807) is 30.3 Å². The largest absolute Gasteiger partial charge is 0.477 e. The molecule has 0 saturated heterocycles. The Balaban J connectivity index is 2.02. The monoisotopic (exact) mass is 298 g/mol. The van der Waals surface area contributed by atoms with Crippen molar-refractivity contribution in [1.82, 2.24) is 10.3 Å². The standard InChI is InChI=1S/C16H14N2O4/c19-15(17-11-5-7-22-8-6-11)14-12-4-2-1-3-10(12)9-13(18-14)16(20)21/h1-5,9H,6-8H2,(H,17,19)(H,20,21). The summed E-state index contributed by atoms with van der Waals surface area (Å²) in [7, 11) is 0. The zero-order valence-corrected chi connectivity index (χ0v) is 11.7. The van der Waals surface area contributed by atoms with Crippen LogP contribution in [0.15, 0.2) is 42.1 Å². The molecule has 0 saturated carbocycles. The van der Waals surface area contributed by atoms with Crippen LogP contribution < -0.4 is 5.32 Å². The van der Waals surface area contributed by atoms with Gasteiger partial charge in [-0.3, -0.25) is 4.79 Å². The predicted octanol–water partition coefficient (Wildman–Crippen LogP) is 1.97. The molecule has 0 aliphatic carbocycles. The first-order valence-electron chi connectivity index (χ1n) is 6.86. The first-order chi connectivity index (χ1) is 10.6. The fourth-order valence-electron chi connectivity index (χ4n) is 2.33. The number of carbonyl (C=O) groups is 2. The summed E-state index contributed by atoms with van der Waals surface area (Å²) >= 11 is 0. The maximum atomic E-state index is 12.5. The molecule has 6 nitrogen and oxygen atoms in total. The Labute approximate surface area is 126 Å². The van der Waals surface area contributed by atoms with Gasteiger partial charge in [-0.15, -0.1) is 0 Å². The molecule has 0 fully saturated rings. The molecule has 0 atom stereocenters. The van der Waals surface area contributed by atoms with Gasteiger partial charge in [0.15, 0.2) is 0 Å². The number of rotatable bonds is 3. The van der Waals surface area contributed by atoms with Crippen molar-refractivity contribution in [3.8, 4) is 0 Å². The van der Waals surface area contributed by atoms with E-state index in [0.717, 1.165) is 5.70 Å². The van der Waals surface area contributed by atoms with Gasteiger partial charge in [0.1, 0.15) is 11.4 Å². The van der Waals surface area contributed by atoms with Crippen LogP contribution in [-0.2, 0) is 4.74 Å². The number of pyridine rings is 1. The van der Waals surface area contributed by atoms with Crippen molar-refractivity contribution >= 4 is 22.6 Å². The van der Waals surface area contributed by atoms with Crippen LogP contribution in [0.5, 0.6) is 0 Å². The van der Waals surface area contributed by atoms with Crippen molar-refractivity contribution in [1.29, 1.82) is 0 Å². The van der Waals surface area contributed by atoms with Gasteiger partial charge in [0.2, 0.25) is 0 Å². The highest BCUT2D eigenvalue weighted by Gasteiger charge is 2.17. The number of nitrogens with zero attached hydrogens (tertiary/aromatic N) is 1. The smallest absolute Gasteiger partial charge is 0.354 e. The lowest BCUT2D eigenvalue weighted by Gasteiger charge is -2.15. The molecule has 3 rings (SSSR count). The Morgan fingerprint density at radius 3 is 2.82 bits per heavy atom. The second kappa shape index (κ2) is 5.95. The van der Waals surface area contributed by atoms with Crippen LogP contribution in [0.1, 0.15) is 27.4 Å². The Morgan fingerprint density at radius 2 is 2.09 bits per heavy atom. The highest BCUT2D eigenvalue weighted by Crippen LogP contribution is 2.19. The molecule has 1 aliphatic rings. The third-order valence-corrected chi connectivity index (χ3v) is 3.41. The maximum Gasteiger partial charge on any atom is 0.354 e. The fourth-order valence-corrected chi connectivity index (χ4v) is 2.33. The van der Waals surface area contributed by atoms with Gasteiger partial charge in [-0.05, 0) is 17.5 Å². The van der Waals surface area contributed by atoms with Crippen molar-refractivity contribution in [2.75, 3.05) is 13.2 Å². The molecule has 0 radical (unpaired) electrons. The van der Waals surface area contributed by atoms with E-state index in [4.69, 9.17) is 9.84 Å². The SMILES string of the molecule is O=C(O)c1cc2ccccc2c(C(=O)NC2=CCOCC2)n1. The lowest BCUT2D eigenvalue weighted by atomic mass is 10.1. The van der Waals surface area contributed by atoms with Crippen molar-refractivity contribution in [3.05, 3.63) is 53.5 Å². The van der Waals surface area contributed by atoms with E-state index in [1.807, 2.05) is 0 Å². The molecule has 0 bridgehead atoms. The van der Waals surface area contributed by atoms with Crippen LogP contribution in [0.4, 0.5) is 0 Å². The van der Waals surface area contributed by atoms with Crippen LogP contribution in [0.3, 0.4) is 0 Å². The number of aromatic nitrogens is 1. The quantitative estimate of drug-likeness (QED) is 0.904. The van der Waals surface area contributed by atoms with Gasteiger partial charge in [-0.25, -0.2) is 9.78 Å². The van der Waals surface area contributed by atoms with Gasteiger partial charge in [-0.1, -0.05) is 24.3 Å². The molecule has 2 aromatic rings. The molecule has 2 N–H and O–H groups in total. The number of benzene rings is 1. The summed E-state index contributed by atoms with van der Waals surface area (Å²) < 4.78 is 5.19. The number of fused-ring (bicyclic) bond motifs is 1. The predicted molar refractivity (Wildman–Crippen MR) is 79.7 cm³/mol. The number of carboxylic acid groups (broad SMARTS) is 1. The zero-order valence-electron chi connectivity index (χ0n) is 11.7. The third-order valence-electron chi connectivity index (χ3n) is 3.41. The Kier molecular flexibility index (Phi) is 3.84. The van der Waals surface area contributed by atoms with E-state index >= 15 is 0 Å². The maximum absolute atomic E-state index is 12.5. The number of carbonyl (C=O) groups excluding carboxylic acids is 1. The zero-order chi connectivity index (χ0) is 15.5. The van der Waals surface area contributed by atoms with E-state index in [2.05, 4.69) is 10.3 Å². The van der Waals surface area contributed by atoms with Crippen LogP contribution in [0.25, 0.3) is 10.8 Å².